The van der Waals surface area contributed by atoms with Gasteiger partial charge in [-0.05, 0) is 79.5 Å². The molecule has 2 fully saturated rings. The predicted octanol–water partition coefficient (Wildman–Crippen LogP) is 4.92. The molecule has 0 spiro atoms. The quantitative estimate of drug-likeness (QED) is 0.145. The van der Waals surface area contributed by atoms with Crippen LogP contribution in [0.25, 0.3) is 0 Å². The Bertz CT molecular complexity index is 1740. The van der Waals surface area contributed by atoms with Gasteiger partial charge in [0.2, 0.25) is 0 Å². The first-order valence-electron chi connectivity index (χ1n) is 20.1. The van der Waals surface area contributed by atoms with Crippen LogP contribution in [-0.2, 0) is 73.1 Å². The maximum Gasteiger partial charge on any atom is 0.408 e. The maximum atomic E-state index is 13.3. The van der Waals surface area contributed by atoms with E-state index in [-0.39, 0.29) is 6.42 Å². The van der Waals surface area contributed by atoms with Crippen LogP contribution in [0, 0.1) is 29.5 Å². The molecular weight excluding hydrogens is 934 g/mol. The molecule has 18 nitrogen and oxygen atoms in total. The Hall–Kier alpha value is -4.76. The fourth-order valence-corrected chi connectivity index (χ4v) is 6.35. The maximum absolute atomic E-state index is 13.3. The molecule has 0 saturated carbocycles. The number of esters is 6. The second-order valence-corrected chi connectivity index (χ2v) is 18.1. The minimum absolute atomic E-state index is 0.0429. The smallest absolute Gasteiger partial charge is 0.408 e. The Morgan fingerprint density at radius 2 is 1.05 bits per heavy atom. The van der Waals surface area contributed by atoms with Crippen LogP contribution in [0.1, 0.15) is 88.6 Å². The number of hydrogen-bond acceptors (Lipinski definition) is 16. The number of hydrogen-bond donors (Lipinski definition) is 2. The van der Waals surface area contributed by atoms with Crippen LogP contribution >= 0.6 is 22.6 Å². The summed E-state index contributed by atoms with van der Waals surface area (Å²) in [7, 11) is 0. The monoisotopic (exact) mass is 994 g/mol. The van der Waals surface area contributed by atoms with E-state index in [0.717, 1.165) is 0 Å². The number of amides is 2. The van der Waals surface area contributed by atoms with Gasteiger partial charge in [-0.25, -0.2) is 23.6 Å². The lowest BCUT2D eigenvalue weighted by Crippen LogP contribution is -2.48. The summed E-state index contributed by atoms with van der Waals surface area (Å²) in [6.45, 7) is 18.7. The third kappa shape index (κ3) is 17.9. The number of carbonyl (C=O) groups is 8. The van der Waals surface area contributed by atoms with E-state index in [0.29, 0.717) is 9.99 Å². The Morgan fingerprint density at radius 3 is 1.40 bits per heavy atom. The number of alkyl halides is 1. The van der Waals surface area contributed by atoms with Crippen molar-refractivity contribution >= 4 is 70.6 Å². The molecule has 2 aliphatic rings. The molecular formula is C42H60FIN2O16. The number of benzene rings is 1. The second kappa shape index (κ2) is 23.6. The van der Waals surface area contributed by atoms with Crippen LogP contribution < -0.4 is 10.6 Å². The fraction of sp³-hybridized carbons (Fsp3) is 0.667. The number of cyclic esters (lactones) is 4. The minimum atomic E-state index is -1.33. The van der Waals surface area contributed by atoms with E-state index in [2.05, 4.69) is 10.6 Å². The van der Waals surface area contributed by atoms with Crippen molar-refractivity contribution in [1.29, 1.82) is 0 Å². The molecule has 0 radical (unpaired) electrons. The van der Waals surface area contributed by atoms with Crippen molar-refractivity contribution in [3.05, 3.63) is 35.6 Å². The number of halogens is 2. The molecule has 2 aliphatic heterocycles. The van der Waals surface area contributed by atoms with Crippen LogP contribution in [0.5, 0.6) is 0 Å². The first kappa shape index (κ1) is 53.4. The van der Waals surface area contributed by atoms with Crippen molar-refractivity contribution in [2.45, 2.75) is 137 Å². The van der Waals surface area contributed by atoms with Gasteiger partial charge in [0, 0.05) is 4.43 Å². The largest absolute Gasteiger partial charge is 0.463 e. The van der Waals surface area contributed by atoms with E-state index in [1.807, 2.05) is 22.6 Å². The summed E-state index contributed by atoms with van der Waals surface area (Å²) in [6.07, 6.45) is -5.81. The highest BCUT2D eigenvalue weighted by Crippen LogP contribution is 2.26. The topological polar surface area (TPSA) is 234 Å². The summed E-state index contributed by atoms with van der Waals surface area (Å²) in [5, 5.41) is 4.69. The van der Waals surface area contributed by atoms with E-state index in [9.17, 15) is 42.7 Å². The SMILES string of the molecule is CC(C)C(=O)O[C@H]1[C@H](C)OC(=O)[C@@H](NC(=O)OC(C)(C)C)COC(=O)[C@@H]1CI.CC(C)C(=O)O[C@H]1[C@H](C)OC(=O)[C@@H](NC(=O)OC(C)(C)C)COC(=O)[C@@H]1Cc1ccc(F)cc1. The summed E-state index contributed by atoms with van der Waals surface area (Å²) in [6, 6.07) is 2.92. The highest BCUT2D eigenvalue weighted by molar-refractivity contribution is 14.1. The van der Waals surface area contributed by atoms with Crippen LogP contribution in [0.15, 0.2) is 24.3 Å². The van der Waals surface area contributed by atoms with Crippen LogP contribution in [0.3, 0.4) is 0 Å². The zero-order chi connectivity index (χ0) is 47.3. The van der Waals surface area contributed by atoms with Crippen LogP contribution in [0.4, 0.5) is 14.0 Å². The molecule has 62 heavy (non-hydrogen) atoms. The highest BCUT2D eigenvalue weighted by Gasteiger charge is 2.44. The average Bonchev–Trinajstić information content (AvgIpc) is 3.20. The number of rotatable bonds is 9. The third-order valence-electron chi connectivity index (χ3n) is 8.65. The van der Waals surface area contributed by atoms with Crippen molar-refractivity contribution < 1.29 is 80.6 Å². The van der Waals surface area contributed by atoms with Gasteiger partial charge in [0.1, 0.15) is 54.3 Å². The summed E-state index contributed by atoms with van der Waals surface area (Å²) in [5.74, 6) is -7.41. The average molecular weight is 995 g/mol. The van der Waals surface area contributed by atoms with Crippen molar-refractivity contribution in [3.8, 4) is 0 Å². The molecule has 348 valence electrons. The summed E-state index contributed by atoms with van der Waals surface area (Å²) < 4.78 is 56.3. The molecule has 0 aliphatic carbocycles. The normalized spacial score (nSPS) is 24.8. The van der Waals surface area contributed by atoms with Gasteiger partial charge in [-0.15, -0.1) is 0 Å². The molecule has 2 heterocycles. The summed E-state index contributed by atoms with van der Waals surface area (Å²) in [4.78, 5) is 99.3. The number of alkyl carbamates (subject to hydrolysis) is 2. The molecule has 20 heteroatoms. The first-order valence-corrected chi connectivity index (χ1v) is 21.6. The summed E-state index contributed by atoms with van der Waals surface area (Å²) in [5.41, 5.74) is -0.985. The molecule has 1 aromatic rings. The molecule has 2 saturated heterocycles. The lowest BCUT2D eigenvalue weighted by molar-refractivity contribution is -0.176. The van der Waals surface area contributed by atoms with Gasteiger partial charge < -0.3 is 48.5 Å². The van der Waals surface area contributed by atoms with E-state index in [1.165, 1.54) is 38.1 Å². The molecule has 3 rings (SSSR count). The minimum Gasteiger partial charge on any atom is -0.463 e. The molecule has 0 bridgehead atoms. The van der Waals surface area contributed by atoms with E-state index >= 15 is 0 Å². The Labute approximate surface area is 374 Å². The Kier molecular flexibility index (Phi) is 20.3. The zero-order valence-corrected chi connectivity index (χ0v) is 39.4. The van der Waals surface area contributed by atoms with Gasteiger partial charge in [-0.2, -0.15) is 0 Å². The van der Waals surface area contributed by atoms with Crippen molar-refractivity contribution in [3.63, 3.8) is 0 Å². The number of carbonyl (C=O) groups excluding carboxylic acids is 8. The lowest BCUT2D eigenvalue weighted by Gasteiger charge is -2.29. The van der Waals surface area contributed by atoms with Crippen LogP contribution in [0.2, 0.25) is 0 Å². The predicted molar refractivity (Wildman–Crippen MR) is 225 cm³/mol. The van der Waals surface area contributed by atoms with Gasteiger partial charge in [0.15, 0.2) is 24.3 Å². The standard InChI is InChI=1S/C24H32FNO8.C18H28INO8/c1-13(2)20(27)33-19-14(3)32-22(29)18(26-23(30)34-24(4,5)6)12-31-21(28)17(19)11-15-7-9-16(25)10-8-15;1-9(2)14(21)27-13-10(3)26-16(23)12(8-25-15(22)11(13)7-19)20-17(24)28-18(4,5)6/h7-10,13-14,17-19H,11-12H2,1-6H3,(H,26,30);9-13H,7-8H2,1-6H3,(H,20,24)/t14-,17+,18-,19-;10-,11+,12-,13-/m00/s1. The zero-order valence-electron chi connectivity index (χ0n) is 37.2. The van der Waals surface area contributed by atoms with Crippen molar-refractivity contribution in [2.24, 2.45) is 23.7 Å². The van der Waals surface area contributed by atoms with Gasteiger partial charge in [-0.1, -0.05) is 62.4 Å². The highest BCUT2D eigenvalue weighted by atomic mass is 127. The van der Waals surface area contributed by atoms with Gasteiger partial charge in [0.25, 0.3) is 0 Å². The van der Waals surface area contributed by atoms with Gasteiger partial charge in [-0.3, -0.25) is 19.2 Å². The summed E-state index contributed by atoms with van der Waals surface area (Å²) >= 11 is 1.98. The lowest BCUT2D eigenvalue weighted by atomic mass is 9.91. The van der Waals surface area contributed by atoms with Crippen LogP contribution in [-0.4, -0.2) is 113 Å². The van der Waals surface area contributed by atoms with Gasteiger partial charge >= 0.3 is 48.0 Å². The molecule has 2 amide bonds. The molecule has 0 unspecified atom stereocenters. The third-order valence-corrected chi connectivity index (χ3v) is 9.59. The first-order chi connectivity index (χ1) is 28.6. The van der Waals surface area contributed by atoms with E-state index in [4.69, 9.17) is 37.9 Å². The van der Waals surface area contributed by atoms with E-state index < -0.39 is 138 Å². The van der Waals surface area contributed by atoms with Crippen molar-refractivity contribution in [1.82, 2.24) is 10.6 Å². The number of ether oxygens (including phenoxy) is 8. The van der Waals surface area contributed by atoms with Crippen molar-refractivity contribution in [2.75, 3.05) is 17.6 Å². The molecule has 1 aromatic carbocycles. The van der Waals surface area contributed by atoms with E-state index in [1.54, 1.807) is 69.2 Å². The second-order valence-electron chi connectivity index (χ2n) is 17.3. The fourth-order valence-electron chi connectivity index (χ4n) is 5.49. The molecule has 0 aromatic heterocycles. The Morgan fingerprint density at radius 1 is 0.677 bits per heavy atom. The number of nitrogens with one attached hydrogen (secondary N) is 2. The van der Waals surface area contributed by atoms with Gasteiger partial charge in [0.05, 0.1) is 11.8 Å². The molecule has 8 atom stereocenters. The molecule has 2 N–H and O–H groups in total. The Balaban J connectivity index is 0.000000435.